The molecule has 1 aromatic heterocycles. The van der Waals surface area contributed by atoms with Crippen LogP contribution in [0.2, 0.25) is 0 Å². The van der Waals surface area contributed by atoms with Crippen LogP contribution in [0.4, 0.5) is 5.69 Å². The van der Waals surface area contributed by atoms with Gasteiger partial charge < -0.3 is 9.30 Å². The van der Waals surface area contributed by atoms with Crippen LogP contribution < -0.4 is 4.74 Å². The second-order valence-electron chi connectivity index (χ2n) is 5.33. The Balaban J connectivity index is 1.94. The zero-order chi connectivity index (χ0) is 17.8. The van der Waals surface area contributed by atoms with Crippen LogP contribution in [0.3, 0.4) is 0 Å². The quantitative estimate of drug-likeness (QED) is 0.404. The molecule has 1 heterocycles. The summed E-state index contributed by atoms with van der Waals surface area (Å²) in [5, 5.41) is 20.5. The Morgan fingerprint density at radius 2 is 2.20 bits per heavy atom. The Kier molecular flexibility index (Phi) is 4.44. The molecule has 0 amide bonds. The summed E-state index contributed by atoms with van der Waals surface area (Å²) in [6.45, 7) is 0.330. The fraction of sp³-hybridized carbons (Fsp3) is 0.111. The number of imidazole rings is 1. The maximum Gasteiger partial charge on any atom is 0.311 e. The summed E-state index contributed by atoms with van der Waals surface area (Å²) in [4.78, 5) is 14.9. The second kappa shape index (κ2) is 6.84. The van der Waals surface area contributed by atoms with Gasteiger partial charge in [-0.25, -0.2) is 4.98 Å². The van der Waals surface area contributed by atoms with Crippen molar-refractivity contribution in [1.82, 2.24) is 9.55 Å². The third-order valence-electron chi connectivity index (χ3n) is 3.75. The molecular weight excluding hydrogens is 320 g/mol. The molecule has 3 rings (SSSR count). The molecule has 0 radical (unpaired) electrons. The van der Waals surface area contributed by atoms with E-state index in [0.717, 1.165) is 11.0 Å². The molecule has 0 atom stereocenters. The summed E-state index contributed by atoms with van der Waals surface area (Å²) in [5.41, 5.74) is 2.65. The molecule has 0 N–H and O–H groups in total. The van der Waals surface area contributed by atoms with Crippen LogP contribution in [0.1, 0.15) is 5.56 Å². The molecular formula is C18H14N4O3. The van der Waals surface area contributed by atoms with Gasteiger partial charge in [-0.05, 0) is 29.8 Å². The zero-order valence-corrected chi connectivity index (χ0v) is 13.4. The lowest BCUT2D eigenvalue weighted by molar-refractivity contribution is -0.385. The van der Waals surface area contributed by atoms with Crippen molar-refractivity contribution in [2.45, 2.75) is 6.54 Å². The molecule has 0 aliphatic heterocycles. The highest BCUT2D eigenvalue weighted by Gasteiger charge is 2.15. The molecule has 0 aliphatic carbocycles. The van der Waals surface area contributed by atoms with Crippen LogP contribution >= 0.6 is 0 Å². The largest absolute Gasteiger partial charge is 0.490 e. The molecule has 0 bridgehead atoms. The predicted octanol–water partition coefficient (Wildman–Crippen LogP) is 3.56. The van der Waals surface area contributed by atoms with Gasteiger partial charge in [0.1, 0.15) is 0 Å². The van der Waals surface area contributed by atoms with Crippen molar-refractivity contribution in [1.29, 1.82) is 5.26 Å². The molecule has 25 heavy (non-hydrogen) atoms. The van der Waals surface area contributed by atoms with Crippen molar-refractivity contribution < 1.29 is 9.66 Å². The minimum absolute atomic E-state index is 0.137. The van der Waals surface area contributed by atoms with E-state index in [1.165, 1.54) is 19.2 Å². The first-order valence-corrected chi connectivity index (χ1v) is 7.45. The number of allylic oxidation sites excluding steroid dienone is 1. The lowest BCUT2D eigenvalue weighted by Gasteiger charge is -2.05. The van der Waals surface area contributed by atoms with Crippen LogP contribution in [0, 0.1) is 21.4 Å². The molecule has 124 valence electrons. The average Bonchev–Trinajstić information content (AvgIpc) is 3.04. The number of nitrogens with zero attached hydrogens (tertiary/aromatic N) is 4. The molecule has 0 saturated heterocycles. The van der Waals surface area contributed by atoms with Crippen LogP contribution in [0.25, 0.3) is 17.1 Å². The minimum Gasteiger partial charge on any atom is -0.490 e. The first-order chi connectivity index (χ1) is 12.1. The first-order valence-electron chi connectivity index (χ1n) is 7.45. The SMILES string of the molecule is COc1ccc(/C=C(/C#N)Cn2cnc3ccccc32)cc1[N+](=O)[O-]. The maximum absolute atomic E-state index is 11.1. The van der Waals surface area contributed by atoms with Crippen molar-refractivity contribution in [3.8, 4) is 11.8 Å². The lowest BCUT2D eigenvalue weighted by Crippen LogP contribution is -1.99. The average molecular weight is 334 g/mol. The topological polar surface area (TPSA) is 94.0 Å². The van der Waals surface area contributed by atoms with E-state index >= 15 is 0 Å². The Morgan fingerprint density at radius 3 is 2.92 bits per heavy atom. The van der Waals surface area contributed by atoms with E-state index in [9.17, 15) is 15.4 Å². The molecule has 0 spiro atoms. The van der Waals surface area contributed by atoms with Crippen LogP contribution in [-0.2, 0) is 6.54 Å². The molecule has 2 aromatic carbocycles. The van der Waals surface area contributed by atoms with Crippen molar-refractivity contribution in [3.05, 3.63) is 70.0 Å². The number of aromatic nitrogens is 2. The number of benzene rings is 2. The van der Waals surface area contributed by atoms with Gasteiger partial charge >= 0.3 is 5.69 Å². The van der Waals surface area contributed by atoms with E-state index in [1.54, 1.807) is 18.5 Å². The standard InChI is InChI=1S/C18H14N4O3/c1-25-18-7-6-13(9-17(18)22(23)24)8-14(10-19)11-21-12-20-15-4-2-3-5-16(15)21/h2-9,12H,11H2,1H3/b14-8-. The number of rotatable bonds is 5. The van der Waals surface area contributed by atoms with Gasteiger partial charge in [-0.3, -0.25) is 10.1 Å². The van der Waals surface area contributed by atoms with Gasteiger partial charge in [-0.1, -0.05) is 18.2 Å². The van der Waals surface area contributed by atoms with Gasteiger partial charge in [0, 0.05) is 11.6 Å². The monoisotopic (exact) mass is 334 g/mol. The van der Waals surface area contributed by atoms with Gasteiger partial charge in [0.15, 0.2) is 5.75 Å². The normalized spacial score (nSPS) is 11.3. The summed E-state index contributed by atoms with van der Waals surface area (Å²) >= 11 is 0. The number of ether oxygens (including phenoxy) is 1. The predicted molar refractivity (Wildman–Crippen MR) is 93.0 cm³/mol. The van der Waals surface area contributed by atoms with Crippen molar-refractivity contribution in [2.75, 3.05) is 7.11 Å². The van der Waals surface area contributed by atoms with E-state index in [1.807, 2.05) is 28.8 Å². The van der Waals surface area contributed by atoms with Gasteiger partial charge in [-0.2, -0.15) is 5.26 Å². The Morgan fingerprint density at radius 1 is 1.40 bits per heavy atom. The van der Waals surface area contributed by atoms with Gasteiger partial charge in [0.25, 0.3) is 0 Å². The number of hydrogen-bond donors (Lipinski definition) is 0. The molecule has 7 heteroatoms. The fourth-order valence-corrected chi connectivity index (χ4v) is 2.57. The molecule has 0 saturated carbocycles. The molecule has 0 fully saturated rings. The number of nitriles is 1. The third kappa shape index (κ3) is 3.33. The highest BCUT2D eigenvalue weighted by molar-refractivity contribution is 5.75. The summed E-state index contributed by atoms with van der Waals surface area (Å²) in [5.74, 6) is 0.182. The van der Waals surface area contributed by atoms with Gasteiger partial charge in [-0.15, -0.1) is 0 Å². The first kappa shape index (κ1) is 16.2. The van der Waals surface area contributed by atoms with E-state index in [0.29, 0.717) is 17.7 Å². The van der Waals surface area contributed by atoms with E-state index in [-0.39, 0.29) is 11.4 Å². The van der Waals surface area contributed by atoms with Crippen LogP contribution in [0.5, 0.6) is 5.75 Å². The number of nitro benzene ring substituents is 1. The number of nitro groups is 1. The Hall–Kier alpha value is -3.66. The third-order valence-corrected chi connectivity index (χ3v) is 3.75. The number of fused-ring (bicyclic) bond motifs is 1. The van der Waals surface area contributed by atoms with Gasteiger partial charge in [0.2, 0.25) is 0 Å². The lowest BCUT2D eigenvalue weighted by atomic mass is 10.1. The van der Waals surface area contributed by atoms with Crippen molar-refractivity contribution in [2.24, 2.45) is 0 Å². The van der Waals surface area contributed by atoms with E-state index in [4.69, 9.17) is 4.74 Å². The van der Waals surface area contributed by atoms with Crippen molar-refractivity contribution in [3.63, 3.8) is 0 Å². The van der Waals surface area contributed by atoms with Crippen LogP contribution in [0.15, 0.2) is 54.4 Å². The Bertz CT molecular complexity index is 1010. The number of para-hydroxylation sites is 2. The highest BCUT2D eigenvalue weighted by Crippen LogP contribution is 2.28. The highest BCUT2D eigenvalue weighted by atomic mass is 16.6. The number of methoxy groups -OCH3 is 1. The molecule has 0 aliphatic rings. The zero-order valence-electron chi connectivity index (χ0n) is 13.4. The summed E-state index contributed by atoms with van der Waals surface area (Å²) in [6, 6.07) is 14.4. The molecule has 7 nitrogen and oxygen atoms in total. The Labute approximate surface area is 143 Å². The summed E-state index contributed by atoms with van der Waals surface area (Å²) < 4.78 is 6.85. The van der Waals surface area contributed by atoms with Crippen molar-refractivity contribution >= 4 is 22.8 Å². The summed E-state index contributed by atoms with van der Waals surface area (Å²) in [7, 11) is 1.38. The molecule has 0 unspecified atom stereocenters. The summed E-state index contributed by atoms with van der Waals surface area (Å²) in [6.07, 6.45) is 3.30. The number of hydrogen-bond acceptors (Lipinski definition) is 5. The van der Waals surface area contributed by atoms with E-state index < -0.39 is 4.92 Å². The minimum atomic E-state index is -0.508. The maximum atomic E-state index is 11.1. The second-order valence-corrected chi connectivity index (χ2v) is 5.33. The fourth-order valence-electron chi connectivity index (χ4n) is 2.57. The van der Waals surface area contributed by atoms with Crippen LogP contribution in [-0.4, -0.2) is 21.6 Å². The van der Waals surface area contributed by atoms with E-state index in [2.05, 4.69) is 11.1 Å². The van der Waals surface area contributed by atoms with Gasteiger partial charge in [0.05, 0.1) is 42.0 Å². The smallest absolute Gasteiger partial charge is 0.311 e. The molecule has 3 aromatic rings.